The SMILES string of the molecule is C[C@@H]1CCC[C@H](C)N1C(=O)Cc1cccc(N2C=C(Nc3ccc(C(=O)N4CCOCC4)cn3)C3=NC=C[N+]3C2)c1. The summed E-state index contributed by atoms with van der Waals surface area (Å²) in [6, 6.07) is 12.4. The van der Waals surface area contributed by atoms with Crippen molar-refractivity contribution in [1.82, 2.24) is 19.7 Å². The molecule has 0 spiro atoms. The van der Waals surface area contributed by atoms with E-state index in [-0.39, 0.29) is 23.9 Å². The predicted octanol–water partition coefficient (Wildman–Crippen LogP) is 3.64. The van der Waals surface area contributed by atoms with Gasteiger partial charge in [0.15, 0.2) is 6.20 Å². The number of nitrogens with zero attached hydrogens (tertiary/aromatic N) is 6. The summed E-state index contributed by atoms with van der Waals surface area (Å²) >= 11 is 0. The molecule has 2 aromatic rings. The fraction of sp³-hybridized carbons (Fsp3) is 0.419. The second-order valence-electron chi connectivity index (χ2n) is 11.1. The summed E-state index contributed by atoms with van der Waals surface area (Å²) in [4.78, 5) is 43.2. The van der Waals surface area contributed by atoms with Crippen LogP contribution in [0, 0.1) is 0 Å². The first kappa shape index (κ1) is 27.2. The molecule has 41 heavy (non-hydrogen) atoms. The Hall–Kier alpha value is -4.02. The molecule has 4 aliphatic rings. The van der Waals surface area contributed by atoms with E-state index in [1.165, 1.54) is 6.42 Å². The molecule has 1 radical (unpaired) electrons. The molecule has 6 rings (SSSR count). The Bertz CT molecular complexity index is 1370. The molecule has 2 amide bonds. The third kappa shape index (κ3) is 5.89. The van der Waals surface area contributed by atoms with Gasteiger partial charge in [-0.3, -0.25) is 14.5 Å². The zero-order valence-corrected chi connectivity index (χ0v) is 23.7. The summed E-state index contributed by atoms with van der Waals surface area (Å²) in [6.07, 6.45) is 11.1. The minimum atomic E-state index is -0.0338. The number of benzene rings is 1. The molecule has 1 aromatic carbocycles. The number of aromatic nitrogens is 1. The Morgan fingerprint density at radius 3 is 2.66 bits per heavy atom. The van der Waals surface area contributed by atoms with E-state index in [0.717, 1.165) is 35.6 Å². The molecule has 1 N–H and O–H groups in total. The Morgan fingerprint density at radius 2 is 1.90 bits per heavy atom. The number of hydrogen-bond donors (Lipinski definition) is 1. The summed E-state index contributed by atoms with van der Waals surface area (Å²) in [6.45, 7) is 7.22. The average molecular weight is 556 g/mol. The number of ether oxygens (including phenoxy) is 1. The van der Waals surface area contributed by atoms with Crippen molar-refractivity contribution in [3.63, 3.8) is 0 Å². The smallest absolute Gasteiger partial charge is 0.308 e. The van der Waals surface area contributed by atoms with Gasteiger partial charge in [0.2, 0.25) is 12.6 Å². The summed E-state index contributed by atoms with van der Waals surface area (Å²) in [5.41, 5.74) is 3.34. The van der Waals surface area contributed by atoms with Gasteiger partial charge in [-0.15, -0.1) is 0 Å². The average Bonchev–Trinajstić information content (AvgIpc) is 3.47. The van der Waals surface area contributed by atoms with Crippen LogP contribution in [-0.4, -0.2) is 77.5 Å². The Labute approximate surface area is 241 Å². The lowest BCUT2D eigenvalue weighted by molar-refractivity contribution is -0.136. The number of amidine groups is 1. The van der Waals surface area contributed by atoms with Gasteiger partial charge in [-0.05, 0) is 62.9 Å². The standard InChI is InChI=1S/C31H37N7O3/c1-22-5-3-6-23(2)38(22)29(39)18-24-7-4-8-26(17-24)37-20-27(30-32-11-12-36(30)21-37)34-28-10-9-25(19-33-28)31(40)35-13-15-41-16-14-35/h4,7-12,17,19-20,22-23H,3,5-6,13-16,18,21H2,1-2H3,(H,33,34)/q+1/t22-,23+. The van der Waals surface area contributed by atoms with Crippen LogP contribution in [0.1, 0.15) is 49.0 Å². The van der Waals surface area contributed by atoms with Gasteiger partial charge in [-0.2, -0.15) is 4.99 Å². The highest BCUT2D eigenvalue weighted by Crippen LogP contribution is 2.27. The lowest BCUT2D eigenvalue weighted by Gasteiger charge is -2.39. The Balaban J connectivity index is 1.18. The fourth-order valence-electron chi connectivity index (χ4n) is 6.04. The first-order chi connectivity index (χ1) is 20.0. The van der Waals surface area contributed by atoms with E-state index >= 15 is 0 Å². The van der Waals surface area contributed by atoms with Gasteiger partial charge < -0.3 is 19.9 Å². The third-order valence-electron chi connectivity index (χ3n) is 8.20. The number of hydrogen-bond acceptors (Lipinski definition) is 8. The molecule has 0 unspecified atom stereocenters. The second-order valence-corrected chi connectivity index (χ2v) is 11.1. The Morgan fingerprint density at radius 1 is 1.10 bits per heavy atom. The number of nitrogens with one attached hydrogen (secondary N) is 1. The molecule has 0 saturated carbocycles. The van der Waals surface area contributed by atoms with Crippen LogP contribution in [-0.2, 0) is 16.0 Å². The van der Waals surface area contributed by atoms with Gasteiger partial charge in [-0.25, -0.2) is 4.98 Å². The third-order valence-corrected chi connectivity index (χ3v) is 8.20. The molecular weight excluding hydrogens is 518 g/mol. The number of fused-ring (bicyclic) bond motifs is 1. The van der Waals surface area contributed by atoms with E-state index in [1.807, 2.05) is 30.6 Å². The molecule has 10 heteroatoms. The van der Waals surface area contributed by atoms with Crippen LogP contribution in [0.25, 0.3) is 0 Å². The van der Waals surface area contributed by atoms with Crippen molar-refractivity contribution in [1.29, 1.82) is 0 Å². The zero-order valence-electron chi connectivity index (χ0n) is 23.7. The van der Waals surface area contributed by atoms with Crippen LogP contribution in [0.5, 0.6) is 0 Å². The van der Waals surface area contributed by atoms with Gasteiger partial charge >= 0.3 is 5.84 Å². The van der Waals surface area contributed by atoms with Gasteiger partial charge in [0.05, 0.1) is 31.4 Å². The van der Waals surface area contributed by atoms with Crippen LogP contribution in [0.4, 0.5) is 11.5 Å². The van der Waals surface area contributed by atoms with E-state index in [1.54, 1.807) is 23.4 Å². The minimum Gasteiger partial charge on any atom is -0.378 e. The minimum absolute atomic E-state index is 0.0338. The molecular formula is C31H37N7O3+. The van der Waals surface area contributed by atoms with Crippen molar-refractivity contribution in [2.24, 2.45) is 4.99 Å². The normalized spacial score (nSPS) is 22.7. The number of carbonyl (C=O) groups is 2. The summed E-state index contributed by atoms with van der Waals surface area (Å²) in [5.74, 6) is 1.58. The largest absolute Gasteiger partial charge is 0.378 e. The number of piperidine rings is 1. The molecule has 2 atom stereocenters. The van der Waals surface area contributed by atoms with Crippen molar-refractivity contribution in [3.8, 4) is 0 Å². The molecule has 2 fully saturated rings. The molecule has 4 aliphatic heterocycles. The van der Waals surface area contributed by atoms with Crippen molar-refractivity contribution < 1.29 is 14.3 Å². The van der Waals surface area contributed by atoms with Gasteiger partial charge in [0.25, 0.3) is 5.91 Å². The maximum atomic E-state index is 13.3. The predicted molar refractivity (Wildman–Crippen MR) is 158 cm³/mol. The number of likely N-dealkylation sites (tertiary alicyclic amines) is 1. The maximum Gasteiger partial charge on any atom is 0.308 e. The van der Waals surface area contributed by atoms with Crippen LogP contribution >= 0.6 is 0 Å². The van der Waals surface area contributed by atoms with E-state index in [9.17, 15) is 9.59 Å². The van der Waals surface area contributed by atoms with Crippen LogP contribution < -0.4 is 15.1 Å². The van der Waals surface area contributed by atoms with Gasteiger partial charge in [0.1, 0.15) is 11.5 Å². The number of pyridine rings is 1. The molecule has 2 saturated heterocycles. The van der Waals surface area contributed by atoms with E-state index < -0.39 is 0 Å². The second kappa shape index (κ2) is 11.8. The zero-order chi connectivity index (χ0) is 28.3. The van der Waals surface area contributed by atoms with E-state index in [0.29, 0.717) is 50.8 Å². The maximum absolute atomic E-state index is 13.3. The molecule has 10 nitrogen and oxygen atoms in total. The van der Waals surface area contributed by atoms with E-state index in [2.05, 4.69) is 56.0 Å². The lowest BCUT2D eigenvalue weighted by Crippen LogP contribution is -2.48. The van der Waals surface area contributed by atoms with Crippen molar-refractivity contribution in [3.05, 3.63) is 78.0 Å². The Kier molecular flexibility index (Phi) is 7.84. The molecule has 213 valence electrons. The highest BCUT2D eigenvalue weighted by atomic mass is 16.5. The summed E-state index contributed by atoms with van der Waals surface area (Å²) in [5, 5.41) is 3.39. The highest BCUT2D eigenvalue weighted by Gasteiger charge is 2.36. The van der Waals surface area contributed by atoms with Crippen molar-refractivity contribution >= 4 is 29.2 Å². The van der Waals surface area contributed by atoms with Crippen molar-refractivity contribution in [2.75, 3.05) is 43.2 Å². The van der Waals surface area contributed by atoms with Crippen LogP contribution in [0.2, 0.25) is 0 Å². The molecule has 1 aromatic heterocycles. The topological polar surface area (TPSA) is 96.3 Å². The number of anilines is 2. The fourth-order valence-corrected chi connectivity index (χ4v) is 6.04. The first-order valence-electron chi connectivity index (χ1n) is 14.5. The summed E-state index contributed by atoms with van der Waals surface area (Å²) < 4.78 is 5.35. The highest BCUT2D eigenvalue weighted by molar-refractivity contribution is 6.06. The van der Waals surface area contributed by atoms with Crippen LogP contribution in [0.15, 0.2) is 71.9 Å². The lowest BCUT2D eigenvalue weighted by atomic mass is 9.96. The first-order valence-corrected chi connectivity index (χ1v) is 14.5. The monoisotopic (exact) mass is 555 g/mol. The number of amides is 2. The molecule has 0 bridgehead atoms. The number of carbonyl (C=O) groups excluding carboxylic acids is 2. The number of morpholine rings is 1. The van der Waals surface area contributed by atoms with Crippen molar-refractivity contribution in [2.45, 2.75) is 51.6 Å². The van der Waals surface area contributed by atoms with Crippen LogP contribution in [0.3, 0.4) is 0 Å². The summed E-state index contributed by atoms with van der Waals surface area (Å²) in [7, 11) is 0. The van der Waals surface area contributed by atoms with E-state index in [4.69, 9.17) is 4.74 Å². The van der Waals surface area contributed by atoms with Gasteiger partial charge in [0, 0.05) is 43.3 Å². The number of aliphatic imine (C=N–C) groups is 1. The van der Waals surface area contributed by atoms with Gasteiger partial charge in [-0.1, -0.05) is 17.0 Å². The number of rotatable bonds is 6. The molecule has 0 aliphatic carbocycles. The quantitative estimate of drug-likeness (QED) is 0.547. The molecule has 5 heterocycles.